The van der Waals surface area contributed by atoms with E-state index in [2.05, 4.69) is 159 Å². The predicted molar refractivity (Wildman–Crippen MR) is 181 cm³/mol. The van der Waals surface area contributed by atoms with Crippen LogP contribution in [0.4, 0.5) is 0 Å². The average Bonchev–Trinajstić information content (AvgIpc) is 3.59. The molecule has 4 aromatic rings. The van der Waals surface area contributed by atoms with Crippen molar-refractivity contribution in [3.05, 3.63) is 137 Å². The topological polar surface area (TPSA) is 0 Å². The van der Waals surface area contributed by atoms with E-state index in [-0.39, 0.29) is 35.6 Å². The van der Waals surface area contributed by atoms with Crippen LogP contribution in [0, 0.1) is 13.8 Å². The maximum absolute atomic E-state index is 2.55. The summed E-state index contributed by atoms with van der Waals surface area (Å²) in [4.78, 5) is 0. The Morgan fingerprint density at radius 1 is 0.636 bits per heavy atom. The zero-order chi connectivity index (χ0) is 29.8. The van der Waals surface area contributed by atoms with Gasteiger partial charge in [0.25, 0.3) is 0 Å². The van der Waals surface area contributed by atoms with Gasteiger partial charge >= 0.3 is 263 Å². The third kappa shape index (κ3) is 6.76. The molecule has 2 aliphatic rings. The minimum atomic E-state index is -2.53. The van der Waals surface area contributed by atoms with E-state index >= 15 is 0 Å². The molecule has 0 unspecified atom stereocenters. The summed E-state index contributed by atoms with van der Waals surface area (Å²) in [6, 6.07) is 31.6. The number of hydrogen-bond donors (Lipinski definition) is 0. The standard InChI is InChI=1S/C21H25.C14H14Si.C5H5.2ClH.Zr/c1-20(2,3)16-7-9-18-14(12-16)11-15-13-17(21(4,5)6)8-10-19(15)18;1-11-3-7-13(8-4-11)15-14-9-5-12(2)6-10-14;1-2-4-5-3-1;;;/h7-10,12H,11H2,1-6H3;3-10H,1-2H3;1-5H;2*1H;/q;;;;;+2/p-2. The molecule has 0 nitrogen and oxygen atoms in total. The molecule has 0 fully saturated rings. The molecular formula is C40H44Cl2SiZr. The second-order valence-electron chi connectivity index (χ2n) is 14.4. The van der Waals surface area contributed by atoms with Crippen molar-refractivity contribution >= 4 is 19.1 Å². The third-order valence-corrected chi connectivity index (χ3v) is 28.4. The van der Waals surface area contributed by atoms with Crippen molar-refractivity contribution in [1.82, 2.24) is 0 Å². The molecule has 0 bridgehead atoms. The molecule has 0 atom stereocenters. The summed E-state index contributed by atoms with van der Waals surface area (Å²) in [6.07, 6.45) is 10.8. The summed E-state index contributed by atoms with van der Waals surface area (Å²) >= 11 is -2.53. The summed E-state index contributed by atoms with van der Waals surface area (Å²) in [5.74, 6) is 0. The fourth-order valence-electron chi connectivity index (χ4n) is 6.68. The van der Waals surface area contributed by atoms with Gasteiger partial charge in [0.15, 0.2) is 0 Å². The predicted octanol–water partition coefficient (Wildman–Crippen LogP) is 2.44. The molecule has 0 N–H and O–H groups in total. The molecule has 0 heterocycles. The summed E-state index contributed by atoms with van der Waals surface area (Å²) in [7, 11) is 0. The molecule has 226 valence electrons. The van der Waals surface area contributed by atoms with Crippen LogP contribution in [0.15, 0.2) is 103 Å². The van der Waals surface area contributed by atoms with Crippen molar-refractivity contribution in [2.75, 3.05) is 0 Å². The first-order valence-electron chi connectivity index (χ1n) is 15.5. The Bertz CT molecular complexity index is 1700. The number of hydrogen-bond acceptors (Lipinski definition) is 0. The first kappa shape index (κ1) is 34.9. The number of halogens is 2. The first-order chi connectivity index (χ1) is 19.9. The Labute approximate surface area is 286 Å². The Kier molecular flexibility index (Phi) is 10.6. The molecule has 0 radical (unpaired) electrons. The molecule has 6 rings (SSSR count). The minimum Gasteiger partial charge on any atom is -1.00 e. The van der Waals surface area contributed by atoms with E-state index in [0.717, 1.165) is 6.42 Å². The minimum absolute atomic E-state index is 0. The van der Waals surface area contributed by atoms with Gasteiger partial charge in [-0.25, -0.2) is 0 Å². The summed E-state index contributed by atoms with van der Waals surface area (Å²) in [6.45, 7) is 18.7. The SMILES string of the molecule is Cc1ccc([Si](c2ccc(C)cc2)=[Zr+2]([c]2c(C(C)(C)C)ccc3c2Cc2cc(C(C)(C)C)ccc2-3)[CH]2C=CC=C2)cc1.[Cl-].[Cl-]. The zero-order valence-electron chi connectivity index (χ0n) is 27.4. The average molecular weight is 715 g/mol. The van der Waals surface area contributed by atoms with Crippen LogP contribution in [-0.4, -0.2) is 5.43 Å². The molecule has 44 heavy (non-hydrogen) atoms. The maximum atomic E-state index is 2.55. The number of fused-ring (bicyclic) bond motifs is 3. The van der Waals surface area contributed by atoms with Crippen molar-refractivity contribution in [3.8, 4) is 11.1 Å². The Hall–Kier alpha value is -1.96. The van der Waals surface area contributed by atoms with Gasteiger partial charge in [0.2, 0.25) is 0 Å². The largest absolute Gasteiger partial charge is 1.00 e. The third-order valence-electron chi connectivity index (χ3n) is 9.05. The molecule has 0 saturated heterocycles. The van der Waals surface area contributed by atoms with Crippen LogP contribution in [-0.2, 0) is 37.6 Å². The fourth-order valence-corrected chi connectivity index (χ4v) is 28.9. The summed E-state index contributed by atoms with van der Waals surface area (Å²) in [5.41, 5.74) is 11.0. The van der Waals surface area contributed by atoms with Gasteiger partial charge in [-0.1, -0.05) is 0 Å². The molecule has 4 aromatic carbocycles. The monoisotopic (exact) mass is 712 g/mol. The van der Waals surface area contributed by atoms with Gasteiger partial charge in [-0.05, 0) is 0 Å². The Morgan fingerprint density at radius 3 is 1.66 bits per heavy atom. The van der Waals surface area contributed by atoms with E-state index in [0.29, 0.717) is 3.63 Å². The number of allylic oxidation sites excluding steroid dienone is 4. The molecule has 0 aliphatic heterocycles. The second kappa shape index (κ2) is 13.4. The van der Waals surface area contributed by atoms with Crippen LogP contribution in [0.5, 0.6) is 0 Å². The number of rotatable bonds is 4. The van der Waals surface area contributed by atoms with Crippen LogP contribution in [0.3, 0.4) is 0 Å². The smallest absolute Gasteiger partial charge is 1.00 e. The summed E-state index contributed by atoms with van der Waals surface area (Å²) < 4.78 is 2.36. The van der Waals surface area contributed by atoms with Gasteiger partial charge in [-0.2, -0.15) is 0 Å². The van der Waals surface area contributed by atoms with Crippen LogP contribution >= 0.6 is 0 Å². The number of benzene rings is 4. The van der Waals surface area contributed by atoms with Gasteiger partial charge in [0, 0.05) is 0 Å². The van der Waals surface area contributed by atoms with Crippen LogP contribution in [0.2, 0.25) is 3.63 Å². The molecule has 2 aliphatic carbocycles. The fraction of sp³-hybridized carbons (Fsp3) is 0.300. The van der Waals surface area contributed by atoms with Gasteiger partial charge in [0.05, 0.1) is 0 Å². The van der Waals surface area contributed by atoms with Crippen molar-refractivity contribution in [2.45, 2.75) is 76.3 Å². The van der Waals surface area contributed by atoms with E-state index in [4.69, 9.17) is 0 Å². The normalized spacial score (nSPS) is 13.4. The van der Waals surface area contributed by atoms with Gasteiger partial charge in [-0.3, -0.25) is 0 Å². The van der Waals surface area contributed by atoms with Crippen molar-refractivity contribution in [2.24, 2.45) is 0 Å². The van der Waals surface area contributed by atoms with Gasteiger partial charge in [0.1, 0.15) is 0 Å². The van der Waals surface area contributed by atoms with E-state index in [1.54, 1.807) is 24.8 Å². The van der Waals surface area contributed by atoms with Crippen LogP contribution in [0.1, 0.15) is 74.9 Å². The maximum Gasteiger partial charge on any atom is -1.00 e. The van der Waals surface area contributed by atoms with Gasteiger partial charge < -0.3 is 24.8 Å². The van der Waals surface area contributed by atoms with E-state index < -0.39 is 25.8 Å². The molecule has 0 saturated carbocycles. The van der Waals surface area contributed by atoms with Crippen LogP contribution < -0.4 is 38.5 Å². The zero-order valence-corrected chi connectivity index (χ0v) is 32.3. The Morgan fingerprint density at radius 2 is 1.16 bits per heavy atom. The Balaban J connectivity index is 0.00000221. The van der Waals surface area contributed by atoms with Crippen molar-refractivity contribution in [1.29, 1.82) is 0 Å². The van der Waals surface area contributed by atoms with E-state index in [9.17, 15) is 0 Å². The van der Waals surface area contributed by atoms with E-state index in [1.807, 2.05) is 0 Å². The number of aryl methyl sites for hydroxylation is 2. The first-order valence-corrected chi connectivity index (χ1v) is 23.3. The molecule has 4 heteroatoms. The van der Waals surface area contributed by atoms with Crippen molar-refractivity contribution < 1.29 is 45.2 Å². The molecule has 0 spiro atoms. The van der Waals surface area contributed by atoms with Crippen molar-refractivity contribution in [3.63, 3.8) is 0 Å². The van der Waals surface area contributed by atoms with Gasteiger partial charge in [-0.15, -0.1) is 0 Å². The quantitative estimate of drug-likeness (QED) is 0.251. The second-order valence-corrected chi connectivity index (χ2v) is 28.1. The molecule has 0 amide bonds. The van der Waals surface area contributed by atoms with Crippen LogP contribution in [0.25, 0.3) is 11.1 Å². The molecular weight excluding hydrogens is 671 g/mol. The van der Waals surface area contributed by atoms with E-state index in [1.165, 1.54) is 33.4 Å². The summed E-state index contributed by atoms with van der Waals surface area (Å²) in [5, 5.41) is 3.17. The molecule has 0 aromatic heterocycles.